The molecular weight excluding hydrogens is 340 g/mol. The number of rotatable bonds is 5. The van der Waals surface area contributed by atoms with Crippen molar-refractivity contribution in [2.24, 2.45) is 11.1 Å². The quantitative estimate of drug-likeness (QED) is 0.799. The van der Waals surface area contributed by atoms with E-state index in [1.54, 1.807) is 24.3 Å². The Labute approximate surface area is 143 Å². The zero-order valence-electron chi connectivity index (χ0n) is 13.3. The highest BCUT2D eigenvalue weighted by Crippen LogP contribution is 2.31. The van der Waals surface area contributed by atoms with Crippen LogP contribution in [0.2, 0.25) is 0 Å². The molecular formula is C15H23ClN2O4S. The predicted molar refractivity (Wildman–Crippen MR) is 91.0 cm³/mol. The van der Waals surface area contributed by atoms with Gasteiger partial charge in [0.25, 0.3) is 0 Å². The average Bonchev–Trinajstić information content (AvgIpc) is 2.91. The van der Waals surface area contributed by atoms with Gasteiger partial charge >= 0.3 is 5.97 Å². The second-order valence-corrected chi connectivity index (χ2v) is 7.97. The standard InChI is InChI=1S/C15H22N2O4S.ClH/c1-15(10-16)7-8-17(11-15)22(19,20)9-12-5-3-4-6-13(12)14(18)21-2;/h3-6H,7-11,16H2,1-2H3;1H. The molecule has 1 fully saturated rings. The third kappa shape index (κ3) is 4.44. The number of nitrogens with two attached hydrogens (primary N) is 1. The maximum absolute atomic E-state index is 12.6. The lowest BCUT2D eigenvalue weighted by Crippen LogP contribution is -2.35. The molecule has 23 heavy (non-hydrogen) atoms. The minimum Gasteiger partial charge on any atom is -0.465 e. The van der Waals surface area contributed by atoms with Crippen LogP contribution in [0, 0.1) is 5.41 Å². The van der Waals surface area contributed by atoms with Gasteiger partial charge in [0, 0.05) is 13.1 Å². The topological polar surface area (TPSA) is 89.7 Å². The summed E-state index contributed by atoms with van der Waals surface area (Å²) in [4.78, 5) is 11.7. The number of halogens is 1. The minimum absolute atomic E-state index is 0. The van der Waals surface area contributed by atoms with Gasteiger partial charge in [0.05, 0.1) is 18.4 Å². The first-order chi connectivity index (χ1) is 10.3. The molecule has 6 nitrogen and oxygen atoms in total. The maximum atomic E-state index is 12.6. The van der Waals surface area contributed by atoms with Crippen molar-refractivity contribution < 1.29 is 17.9 Å². The number of esters is 1. The number of carbonyl (C=O) groups excluding carboxylic acids is 1. The normalized spacial score (nSPS) is 21.7. The summed E-state index contributed by atoms with van der Waals surface area (Å²) in [6.45, 7) is 3.34. The van der Waals surface area contributed by atoms with E-state index in [0.29, 0.717) is 25.2 Å². The smallest absolute Gasteiger partial charge is 0.338 e. The van der Waals surface area contributed by atoms with Gasteiger partial charge in [-0.1, -0.05) is 25.1 Å². The molecule has 1 saturated heterocycles. The zero-order chi connectivity index (χ0) is 16.4. The van der Waals surface area contributed by atoms with E-state index >= 15 is 0 Å². The number of carbonyl (C=O) groups is 1. The Morgan fingerprint density at radius 1 is 1.39 bits per heavy atom. The van der Waals surface area contributed by atoms with E-state index in [1.807, 2.05) is 6.92 Å². The Hall–Kier alpha value is -1.15. The molecule has 1 aromatic carbocycles. The van der Waals surface area contributed by atoms with Crippen LogP contribution in [0.1, 0.15) is 29.3 Å². The van der Waals surface area contributed by atoms with Gasteiger partial charge in [0.1, 0.15) is 0 Å². The van der Waals surface area contributed by atoms with Crippen LogP contribution in [-0.4, -0.2) is 45.4 Å². The fraction of sp³-hybridized carbons (Fsp3) is 0.533. The fourth-order valence-electron chi connectivity index (χ4n) is 2.63. The highest BCUT2D eigenvalue weighted by Gasteiger charge is 2.38. The van der Waals surface area contributed by atoms with Crippen molar-refractivity contribution >= 4 is 28.4 Å². The van der Waals surface area contributed by atoms with Gasteiger partial charge in [0.2, 0.25) is 10.0 Å². The summed E-state index contributed by atoms with van der Waals surface area (Å²) >= 11 is 0. The number of hydrogen-bond acceptors (Lipinski definition) is 5. The Bertz CT molecular complexity index is 665. The molecule has 0 amide bonds. The fourth-order valence-corrected chi connectivity index (χ4v) is 4.33. The van der Waals surface area contributed by atoms with E-state index in [1.165, 1.54) is 11.4 Å². The minimum atomic E-state index is -3.49. The van der Waals surface area contributed by atoms with Crippen LogP contribution in [0.4, 0.5) is 0 Å². The van der Waals surface area contributed by atoms with Crippen molar-refractivity contribution in [1.82, 2.24) is 4.31 Å². The van der Waals surface area contributed by atoms with Gasteiger partial charge in [-0.05, 0) is 30.0 Å². The summed E-state index contributed by atoms with van der Waals surface area (Å²) in [5.41, 5.74) is 6.29. The van der Waals surface area contributed by atoms with Gasteiger partial charge in [-0.2, -0.15) is 0 Å². The van der Waals surface area contributed by atoms with E-state index in [4.69, 9.17) is 10.5 Å². The predicted octanol–water partition coefficient (Wildman–Crippen LogP) is 1.40. The first-order valence-corrected chi connectivity index (χ1v) is 8.76. The van der Waals surface area contributed by atoms with Crippen LogP contribution in [0.5, 0.6) is 0 Å². The number of hydrogen-bond donors (Lipinski definition) is 1. The Kier molecular flexibility index (Phi) is 6.59. The highest BCUT2D eigenvalue weighted by atomic mass is 35.5. The summed E-state index contributed by atoms with van der Waals surface area (Å²) in [5.74, 6) is -0.738. The van der Waals surface area contributed by atoms with E-state index in [2.05, 4.69) is 0 Å². The molecule has 2 rings (SSSR count). The van der Waals surface area contributed by atoms with Crippen LogP contribution in [0.25, 0.3) is 0 Å². The third-order valence-electron chi connectivity index (χ3n) is 4.17. The van der Waals surface area contributed by atoms with E-state index in [-0.39, 0.29) is 29.1 Å². The van der Waals surface area contributed by atoms with Crippen LogP contribution >= 0.6 is 12.4 Å². The summed E-state index contributed by atoms with van der Waals surface area (Å²) < 4.78 is 31.4. The van der Waals surface area contributed by atoms with Crippen molar-refractivity contribution in [3.05, 3.63) is 35.4 Å². The maximum Gasteiger partial charge on any atom is 0.338 e. The van der Waals surface area contributed by atoms with Crippen molar-refractivity contribution in [2.45, 2.75) is 19.1 Å². The van der Waals surface area contributed by atoms with Gasteiger partial charge in [-0.3, -0.25) is 0 Å². The highest BCUT2D eigenvalue weighted by molar-refractivity contribution is 7.88. The van der Waals surface area contributed by atoms with Gasteiger partial charge < -0.3 is 10.5 Å². The Morgan fingerprint density at radius 3 is 2.61 bits per heavy atom. The lowest BCUT2D eigenvalue weighted by Gasteiger charge is -2.22. The molecule has 0 bridgehead atoms. The van der Waals surface area contributed by atoms with Crippen LogP contribution in [0.15, 0.2) is 24.3 Å². The van der Waals surface area contributed by atoms with Crippen LogP contribution in [-0.2, 0) is 20.5 Å². The lowest BCUT2D eigenvalue weighted by atomic mass is 9.90. The van der Waals surface area contributed by atoms with Crippen molar-refractivity contribution in [2.75, 3.05) is 26.7 Å². The third-order valence-corrected chi connectivity index (χ3v) is 5.94. The molecule has 1 unspecified atom stereocenters. The van der Waals surface area contributed by atoms with Gasteiger partial charge in [0.15, 0.2) is 0 Å². The first kappa shape index (κ1) is 19.9. The monoisotopic (exact) mass is 362 g/mol. The van der Waals surface area contributed by atoms with Gasteiger partial charge in [-0.25, -0.2) is 17.5 Å². The molecule has 1 heterocycles. The van der Waals surface area contributed by atoms with E-state index in [0.717, 1.165) is 6.42 Å². The summed E-state index contributed by atoms with van der Waals surface area (Å²) in [6, 6.07) is 6.61. The number of ether oxygens (including phenoxy) is 1. The van der Waals surface area contributed by atoms with E-state index < -0.39 is 16.0 Å². The summed E-state index contributed by atoms with van der Waals surface area (Å²) in [6.07, 6.45) is 0.751. The van der Waals surface area contributed by atoms with Crippen molar-refractivity contribution in [1.29, 1.82) is 0 Å². The molecule has 1 aliphatic heterocycles. The van der Waals surface area contributed by atoms with Crippen molar-refractivity contribution in [3.63, 3.8) is 0 Å². The molecule has 0 aliphatic carbocycles. The zero-order valence-corrected chi connectivity index (χ0v) is 15.0. The Morgan fingerprint density at radius 2 is 2.04 bits per heavy atom. The molecule has 8 heteroatoms. The summed E-state index contributed by atoms with van der Waals surface area (Å²) in [7, 11) is -2.21. The molecule has 0 spiro atoms. The van der Waals surface area contributed by atoms with Crippen LogP contribution in [0.3, 0.4) is 0 Å². The van der Waals surface area contributed by atoms with Crippen molar-refractivity contribution in [3.8, 4) is 0 Å². The second kappa shape index (κ2) is 7.61. The molecule has 0 aromatic heterocycles. The average molecular weight is 363 g/mol. The molecule has 0 radical (unpaired) electrons. The number of nitrogens with zero attached hydrogens (tertiary/aromatic N) is 1. The van der Waals surface area contributed by atoms with Gasteiger partial charge in [-0.15, -0.1) is 12.4 Å². The second-order valence-electron chi connectivity index (χ2n) is 6.00. The van der Waals surface area contributed by atoms with Crippen LogP contribution < -0.4 is 5.73 Å². The number of sulfonamides is 1. The molecule has 2 N–H and O–H groups in total. The summed E-state index contributed by atoms with van der Waals surface area (Å²) in [5, 5.41) is 0. The molecule has 0 saturated carbocycles. The Balaban J connectivity index is 0.00000264. The molecule has 130 valence electrons. The lowest BCUT2D eigenvalue weighted by molar-refractivity contribution is 0.0600. The van der Waals surface area contributed by atoms with E-state index in [9.17, 15) is 13.2 Å². The molecule has 1 atom stereocenters. The number of benzene rings is 1. The SMILES string of the molecule is COC(=O)c1ccccc1CS(=O)(=O)N1CCC(C)(CN)C1.Cl. The molecule has 1 aliphatic rings. The number of methoxy groups -OCH3 is 1. The first-order valence-electron chi connectivity index (χ1n) is 7.15. The molecule has 1 aromatic rings. The largest absolute Gasteiger partial charge is 0.465 e.